The number of hydrogen-bond acceptors (Lipinski definition) is 2. The Morgan fingerprint density at radius 2 is 2.11 bits per heavy atom. The van der Waals surface area contributed by atoms with E-state index in [1.807, 2.05) is 12.3 Å². The average molecular weight is 384 g/mol. The molecule has 4 heteroatoms. The van der Waals surface area contributed by atoms with Gasteiger partial charge in [-0.3, -0.25) is 4.98 Å². The molecule has 1 atom stereocenters. The lowest BCUT2D eigenvalue weighted by atomic mass is 10.00. The lowest BCUT2D eigenvalue weighted by molar-refractivity contribution is 0.595. The molecule has 1 aromatic heterocycles. The Balaban J connectivity index is 2.37. The van der Waals surface area contributed by atoms with Crippen molar-refractivity contribution in [1.29, 1.82) is 0 Å². The Hall–Kier alpha value is -0.710. The maximum absolute atomic E-state index is 4.22. The third kappa shape index (κ3) is 3.88. The van der Waals surface area contributed by atoms with Gasteiger partial charge < -0.3 is 5.32 Å². The summed E-state index contributed by atoms with van der Waals surface area (Å²) in [6.07, 6.45) is 4.82. The summed E-state index contributed by atoms with van der Waals surface area (Å²) in [4.78, 5) is 4.22. The molecule has 0 saturated carbocycles. The third-order valence-electron chi connectivity index (χ3n) is 2.89. The van der Waals surface area contributed by atoms with Crippen molar-refractivity contribution in [3.05, 3.63) is 62.8 Å². The number of hydrogen-bond donors (Lipinski definition) is 1. The van der Waals surface area contributed by atoms with Gasteiger partial charge in [-0.2, -0.15) is 0 Å². The minimum Gasteiger partial charge on any atom is -0.306 e. The summed E-state index contributed by atoms with van der Waals surface area (Å²) in [6.45, 7) is 3.14. The van der Waals surface area contributed by atoms with E-state index in [9.17, 15) is 0 Å². The van der Waals surface area contributed by atoms with Crippen LogP contribution in [0.1, 0.15) is 30.5 Å². The van der Waals surface area contributed by atoms with Crippen LogP contribution in [0.3, 0.4) is 0 Å². The fourth-order valence-electron chi connectivity index (χ4n) is 1.98. The maximum atomic E-state index is 4.22. The highest BCUT2D eigenvalue weighted by Gasteiger charge is 2.16. The van der Waals surface area contributed by atoms with Crippen LogP contribution in [-0.2, 0) is 0 Å². The number of rotatable bonds is 5. The van der Waals surface area contributed by atoms with Crippen LogP contribution >= 0.6 is 31.9 Å². The van der Waals surface area contributed by atoms with E-state index in [1.165, 1.54) is 11.1 Å². The Labute approximate surface area is 130 Å². The lowest BCUT2D eigenvalue weighted by Crippen LogP contribution is -2.23. The smallest absolute Gasteiger partial charge is 0.0603 e. The molecule has 0 amide bonds. The topological polar surface area (TPSA) is 24.9 Å². The molecule has 0 fully saturated rings. The second-order valence-corrected chi connectivity index (χ2v) is 6.11. The highest BCUT2D eigenvalue weighted by atomic mass is 79.9. The SMILES string of the molecule is CCCNC(c1cccnc1)c1ccc(Br)cc1Br. The van der Waals surface area contributed by atoms with Gasteiger partial charge in [0.15, 0.2) is 0 Å². The molecule has 0 spiro atoms. The quantitative estimate of drug-likeness (QED) is 0.809. The van der Waals surface area contributed by atoms with E-state index in [-0.39, 0.29) is 6.04 Å². The van der Waals surface area contributed by atoms with Gasteiger partial charge in [-0.1, -0.05) is 50.9 Å². The van der Waals surface area contributed by atoms with Gasteiger partial charge in [0.2, 0.25) is 0 Å². The zero-order valence-electron chi connectivity index (χ0n) is 10.7. The van der Waals surface area contributed by atoms with E-state index in [2.05, 4.69) is 73.3 Å². The Bertz CT molecular complexity index is 529. The molecule has 0 radical (unpaired) electrons. The summed E-state index contributed by atoms with van der Waals surface area (Å²) < 4.78 is 2.17. The van der Waals surface area contributed by atoms with Crippen LogP contribution in [0.15, 0.2) is 51.7 Å². The fourth-order valence-corrected chi connectivity index (χ4v) is 3.25. The zero-order chi connectivity index (χ0) is 13.7. The first kappa shape index (κ1) is 14.7. The number of halogens is 2. The van der Waals surface area contributed by atoms with E-state index >= 15 is 0 Å². The standard InChI is InChI=1S/C15H16Br2N2/c1-2-7-19-15(11-4-3-8-18-10-11)13-6-5-12(16)9-14(13)17/h3-6,8-10,15,19H,2,7H2,1H3. The Kier molecular flexibility index (Phi) is 5.55. The van der Waals surface area contributed by atoms with Gasteiger partial charge in [-0.15, -0.1) is 0 Å². The number of aromatic nitrogens is 1. The van der Waals surface area contributed by atoms with Crippen molar-refractivity contribution in [3.8, 4) is 0 Å². The number of benzene rings is 1. The van der Waals surface area contributed by atoms with Gasteiger partial charge in [0.1, 0.15) is 0 Å². The number of nitrogens with zero attached hydrogens (tertiary/aromatic N) is 1. The van der Waals surface area contributed by atoms with Crippen LogP contribution in [0.25, 0.3) is 0 Å². The lowest BCUT2D eigenvalue weighted by Gasteiger charge is -2.20. The number of pyridine rings is 1. The first-order valence-corrected chi connectivity index (χ1v) is 7.89. The monoisotopic (exact) mass is 382 g/mol. The zero-order valence-corrected chi connectivity index (χ0v) is 13.9. The molecule has 1 heterocycles. The van der Waals surface area contributed by atoms with Crippen molar-refractivity contribution in [2.45, 2.75) is 19.4 Å². The molecule has 0 aliphatic rings. The van der Waals surface area contributed by atoms with Gasteiger partial charge in [0, 0.05) is 21.3 Å². The summed E-state index contributed by atoms with van der Waals surface area (Å²) in [6, 6.07) is 10.5. The van der Waals surface area contributed by atoms with Crippen LogP contribution in [0.4, 0.5) is 0 Å². The van der Waals surface area contributed by atoms with Crippen molar-refractivity contribution >= 4 is 31.9 Å². The van der Waals surface area contributed by atoms with Crippen molar-refractivity contribution in [1.82, 2.24) is 10.3 Å². The molecule has 2 nitrogen and oxygen atoms in total. The summed E-state index contributed by atoms with van der Waals surface area (Å²) in [5.74, 6) is 0. The second kappa shape index (κ2) is 7.17. The molecule has 0 bridgehead atoms. The Morgan fingerprint density at radius 3 is 2.74 bits per heavy atom. The Morgan fingerprint density at radius 1 is 1.26 bits per heavy atom. The minimum atomic E-state index is 0.163. The van der Waals surface area contributed by atoms with E-state index in [1.54, 1.807) is 6.20 Å². The first-order chi connectivity index (χ1) is 9.22. The second-order valence-electron chi connectivity index (χ2n) is 4.34. The van der Waals surface area contributed by atoms with Gasteiger partial charge in [-0.05, 0) is 42.3 Å². The van der Waals surface area contributed by atoms with Crippen molar-refractivity contribution in [3.63, 3.8) is 0 Å². The third-order valence-corrected chi connectivity index (χ3v) is 4.07. The number of nitrogens with one attached hydrogen (secondary N) is 1. The molecule has 19 heavy (non-hydrogen) atoms. The van der Waals surface area contributed by atoms with Gasteiger partial charge in [0.25, 0.3) is 0 Å². The molecule has 1 aromatic carbocycles. The summed E-state index contributed by atoms with van der Waals surface area (Å²) in [5, 5.41) is 3.58. The van der Waals surface area contributed by atoms with Crippen LogP contribution < -0.4 is 5.32 Å². The van der Waals surface area contributed by atoms with E-state index in [0.29, 0.717) is 0 Å². The van der Waals surface area contributed by atoms with Gasteiger partial charge in [0.05, 0.1) is 6.04 Å². The molecule has 1 unspecified atom stereocenters. The molecule has 0 aliphatic carbocycles. The van der Waals surface area contributed by atoms with E-state index in [4.69, 9.17) is 0 Å². The van der Waals surface area contributed by atoms with E-state index < -0.39 is 0 Å². The highest BCUT2D eigenvalue weighted by Crippen LogP contribution is 2.30. The molecular formula is C15H16Br2N2. The molecule has 1 N–H and O–H groups in total. The van der Waals surface area contributed by atoms with Crippen LogP contribution in [-0.4, -0.2) is 11.5 Å². The molecule has 2 aromatic rings. The van der Waals surface area contributed by atoms with Crippen LogP contribution in [0, 0.1) is 0 Å². The van der Waals surface area contributed by atoms with E-state index in [0.717, 1.165) is 21.9 Å². The predicted molar refractivity (Wildman–Crippen MR) is 86.2 cm³/mol. The summed E-state index contributed by atoms with van der Waals surface area (Å²) in [5.41, 5.74) is 2.41. The first-order valence-electron chi connectivity index (χ1n) is 6.30. The highest BCUT2D eigenvalue weighted by molar-refractivity contribution is 9.11. The predicted octanol–water partition coefficient (Wildman–Crippen LogP) is 4.70. The van der Waals surface area contributed by atoms with Crippen LogP contribution in [0.2, 0.25) is 0 Å². The molecule has 2 rings (SSSR count). The molecule has 0 saturated heterocycles. The van der Waals surface area contributed by atoms with Gasteiger partial charge >= 0.3 is 0 Å². The summed E-state index contributed by atoms with van der Waals surface area (Å²) in [7, 11) is 0. The van der Waals surface area contributed by atoms with Crippen molar-refractivity contribution in [2.75, 3.05) is 6.54 Å². The molecular weight excluding hydrogens is 368 g/mol. The van der Waals surface area contributed by atoms with Crippen molar-refractivity contribution < 1.29 is 0 Å². The summed E-state index contributed by atoms with van der Waals surface area (Å²) >= 11 is 7.14. The largest absolute Gasteiger partial charge is 0.306 e. The van der Waals surface area contributed by atoms with Crippen LogP contribution in [0.5, 0.6) is 0 Å². The normalized spacial score (nSPS) is 12.4. The average Bonchev–Trinajstić information content (AvgIpc) is 2.42. The molecule has 0 aliphatic heterocycles. The van der Waals surface area contributed by atoms with Gasteiger partial charge in [-0.25, -0.2) is 0 Å². The molecule has 100 valence electrons. The minimum absolute atomic E-state index is 0.163. The maximum Gasteiger partial charge on any atom is 0.0603 e. The fraction of sp³-hybridized carbons (Fsp3) is 0.267. The van der Waals surface area contributed by atoms with Crippen molar-refractivity contribution in [2.24, 2.45) is 0 Å².